The van der Waals surface area contributed by atoms with E-state index in [1.165, 1.54) is 0 Å². The average molecular weight is 412 g/mol. The Morgan fingerprint density at radius 1 is 1.15 bits per heavy atom. The molecule has 3 rings (SSSR count). The molecule has 0 unspecified atom stereocenters. The van der Waals surface area contributed by atoms with Gasteiger partial charge < -0.3 is 0 Å². The van der Waals surface area contributed by atoms with Crippen LogP contribution in [0.5, 0.6) is 0 Å². The Bertz CT molecular complexity index is 836. The van der Waals surface area contributed by atoms with Crippen LogP contribution in [0.1, 0.15) is 6.92 Å². The summed E-state index contributed by atoms with van der Waals surface area (Å²) in [6, 6.07) is 11.6. The highest BCUT2D eigenvalue weighted by Gasteiger charge is 2.08. The van der Waals surface area contributed by atoms with Gasteiger partial charge in [0.05, 0.1) is 5.39 Å². The second-order valence-electron chi connectivity index (χ2n) is 4.09. The van der Waals surface area contributed by atoms with Crippen LogP contribution in [0.15, 0.2) is 62.8 Å². The van der Waals surface area contributed by atoms with Gasteiger partial charge in [0, 0.05) is 23.7 Å². The van der Waals surface area contributed by atoms with E-state index in [1.807, 2.05) is 43.3 Å². The van der Waals surface area contributed by atoms with Gasteiger partial charge in [0.25, 0.3) is 0 Å². The molecule has 3 aromatic rings. The molecular weight excluding hydrogens is 400 g/mol. The molecular formula is C16H12Br2OS. The van der Waals surface area contributed by atoms with Crippen molar-refractivity contribution in [1.82, 2.24) is 0 Å². The summed E-state index contributed by atoms with van der Waals surface area (Å²) in [6.45, 7) is 5.25. The average Bonchev–Trinajstić information content (AvgIpc) is 2.39. The minimum atomic E-state index is 0.0914. The zero-order valence-electron chi connectivity index (χ0n) is 10.8. The maximum Gasteiger partial charge on any atom is 0.197 e. The first-order valence-electron chi connectivity index (χ1n) is 5.96. The van der Waals surface area contributed by atoms with Crippen molar-refractivity contribution in [2.24, 2.45) is 0 Å². The maximum absolute atomic E-state index is 12.4. The smallest absolute Gasteiger partial charge is 0.197 e. The van der Waals surface area contributed by atoms with Crippen LogP contribution in [0.2, 0.25) is 0 Å². The van der Waals surface area contributed by atoms with E-state index in [4.69, 9.17) is 0 Å². The molecule has 0 fully saturated rings. The second kappa shape index (κ2) is 6.66. The molecule has 0 N–H and O–H groups in total. The molecule has 1 nitrogen and oxygen atoms in total. The van der Waals surface area contributed by atoms with Gasteiger partial charge >= 0.3 is 0 Å². The van der Waals surface area contributed by atoms with Gasteiger partial charge in [-0.2, -0.15) is 0 Å². The van der Waals surface area contributed by atoms with Crippen LogP contribution in [-0.4, -0.2) is 0 Å². The van der Waals surface area contributed by atoms with Gasteiger partial charge in [-0.15, -0.1) is 17.9 Å². The van der Waals surface area contributed by atoms with Crippen molar-refractivity contribution in [3.05, 3.63) is 68.2 Å². The largest absolute Gasteiger partial charge is 0.288 e. The van der Waals surface area contributed by atoms with E-state index >= 15 is 0 Å². The Hall–Kier alpha value is -0.970. The fraction of sp³-hybridized carbons (Fsp3) is 0.0625. The molecule has 0 saturated carbocycles. The third-order valence-electron chi connectivity index (χ3n) is 2.61. The highest BCUT2D eigenvalue weighted by atomic mass is 79.9. The summed E-state index contributed by atoms with van der Waals surface area (Å²) in [4.78, 5) is 12.4. The lowest BCUT2D eigenvalue weighted by atomic mass is 10.2. The lowest BCUT2D eigenvalue weighted by Crippen LogP contribution is -2.01. The summed E-state index contributed by atoms with van der Waals surface area (Å²) >= 11 is 8.51. The van der Waals surface area contributed by atoms with Gasteiger partial charge in [0.15, 0.2) is 5.43 Å². The molecule has 0 radical (unpaired) electrons. The molecule has 102 valence electrons. The Morgan fingerprint density at radius 2 is 1.85 bits per heavy atom. The molecule has 1 heterocycles. The quantitative estimate of drug-likeness (QED) is 0.321. The van der Waals surface area contributed by atoms with Gasteiger partial charge in [0.2, 0.25) is 0 Å². The van der Waals surface area contributed by atoms with Crippen molar-refractivity contribution in [2.45, 2.75) is 6.92 Å². The van der Waals surface area contributed by atoms with Crippen LogP contribution in [0.25, 0.3) is 20.2 Å². The molecule has 1 aromatic heterocycles. The summed E-state index contributed by atoms with van der Waals surface area (Å²) in [5.74, 6) is 0. The molecule has 20 heavy (non-hydrogen) atoms. The molecule has 0 saturated heterocycles. The molecule has 0 aliphatic carbocycles. The van der Waals surface area contributed by atoms with Gasteiger partial charge in [-0.25, -0.2) is 0 Å². The SMILES string of the molecule is C=CC.O=c1c2ccc(Br)cc2sc2cccc(Br)c12. The van der Waals surface area contributed by atoms with E-state index in [-0.39, 0.29) is 5.43 Å². The van der Waals surface area contributed by atoms with E-state index in [0.29, 0.717) is 0 Å². The minimum Gasteiger partial charge on any atom is -0.288 e. The fourth-order valence-electron chi connectivity index (χ4n) is 1.83. The predicted octanol–water partition coefficient (Wildman–Crippen LogP) is 6.13. The first-order valence-corrected chi connectivity index (χ1v) is 8.36. The molecule has 2 aromatic carbocycles. The Labute approximate surface area is 138 Å². The van der Waals surface area contributed by atoms with E-state index in [0.717, 1.165) is 29.1 Å². The number of hydrogen-bond donors (Lipinski definition) is 0. The first-order chi connectivity index (χ1) is 9.58. The molecule has 0 amide bonds. The highest BCUT2D eigenvalue weighted by Crippen LogP contribution is 2.30. The van der Waals surface area contributed by atoms with Gasteiger partial charge in [-0.05, 0) is 53.2 Å². The number of benzene rings is 2. The molecule has 0 aliphatic rings. The molecule has 0 atom stereocenters. The van der Waals surface area contributed by atoms with E-state index in [9.17, 15) is 4.79 Å². The zero-order chi connectivity index (χ0) is 14.7. The van der Waals surface area contributed by atoms with Crippen LogP contribution in [-0.2, 0) is 0 Å². The van der Waals surface area contributed by atoms with E-state index in [2.05, 4.69) is 38.4 Å². The lowest BCUT2D eigenvalue weighted by Gasteiger charge is -2.02. The number of allylic oxidation sites excluding steroid dienone is 1. The topological polar surface area (TPSA) is 17.1 Å². The van der Waals surface area contributed by atoms with E-state index in [1.54, 1.807) is 17.4 Å². The Morgan fingerprint density at radius 3 is 2.55 bits per heavy atom. The molecule has 0 bridgehead atoms. The maximum atomic E-state index is 12.4. The lowest BCUT2D eigenvalue weighted by molar-refractivity contribution is 1.69. The number of halogens is 2. The monoisotopic (exact) mass is 410 g/mol. The Balaban J connectivity index is 0.000000452. The van der Waals surface area contributed by atoms with Gasteiger partial charge in [-0.3, -0.25) is 4.79 Å². The van der Waals surface area contributed by atoms with Crippen LogP contribution in [0.4, 0.5) is 0 Å². The number of rotatable bonds is 0. The molecule has 0 aliphatic heterocycles. The number of fused-ring (bicyclic) bond motifs is 2. The molecule has 0 spiro atoms. The van der Waals surface area contributed by atoms with Crippen molar-refractivity contribution >= 4 is 63.4 Å². The minimum absolute atomic E-state index is 0.0914. The Kier molecular flexibility index (Phi) is 5.13. The van der Waals surface area contributed by atoms with Crippen molar-refractivity contribution in [1.29, 1.82) is 0 Å². The van der Waals surface area contributed by atoms with Gasteiger partial charge in [0.1, 0.15) is 0 Å². The highest BCUT2D eigenvalue weighted by molar-refractivity contribution is 9.11. The summed E-state index contributed by atoms with van der Waals surface area (Å²) in [7, 11) is 0. The van der Waals surface area contributed by atoms with Crippen LogP contribution < -0.4 is 5.43 Å². The fourth-order valence-corrected chi connectivity index (χ4v) is 4.17. The van der Waals surface area contributed by atoms with E-state index < -0.39 is 0 Å². The normalized spacial score (nSPS) is 10.2. The third kappa shape index (κ3) is 3.03. The first kappa shape index (κ1) is 15.4. The van der Waals surface area contributed by atoms with Crippen molar-refractivity contribution in [3.8, 4) is 0 Å². The van der Waals surface area contributed by atoms with Crippen molar-refractivity contribution in [3.63, 3.8) is 0 Å². The summed E-state index contributed by atoms with van der Waals surface area (Å²) < 4.78 is 3.88. The van der Waals surface area contributed by atoms with Crippen LogP contribution in [0, 0.1) is 0 Å². The van der Waals surface area contributed by atoms with Gasteiger partial charge in [-0.1, -0.05) is 28.1 Å². The summed E-state index contributed by atoms with van der Waals surface area (Å²) in [6.07, 6.45) is 1.75. The number of hydrogen-bond acceptors (Lipinski definition) is 2. The zero-order valence-corrected chi connectivity index (χ0v) is 14.8. The summed E-state index contributed by atoms with van der Waals surface area (Å²) in [5.41, 5.74) is 0.0914. The second-order valence-corrected chi connectivity index (χ2v) is 6.95. The van der Waals surface area contributed by atoms with Crippen LogP contribution >= 0.6 is 43.2 Å². The summed E-state index contributed by atoms with van der Waals surface area (Å²) in [5, 5.41) is 1.55. The third-order valence-corrected chi connectivity index (χ3v) is 4.88. The molecule has 4 heteroatoms. The predicted molar refractivity (Wildman–Crippen MR) is 96.9 cm³/mol. The van der Waals surface area contributed by atoms with Crippen molar-refractivity contribution in [2.75, 3.05) is 0 Å². The van der Waals surface area contributed by atoms with Crippen molar-refractivity contribution < 1.29 is 0 Å². The van der Waals surface area contributed by atoms with Crippen LogP contribution in [0.3, 0.4) is 0 Å². The standard InChI is InChI=1S/C13H6Br2OS.C3H6/c14-7-4-5-8-11(6-7)17-10-3-1-2-9(15)12(10)13(8)16;1-3-2/h1-6H;3H,1H2,2H3.